The lowest BCUT2D eigenvalue weighted by Crippen LogP contribution is -2.23. The smallest absolute Gasteiger partial charge is 0.165 e. The first-order valence-corrected chi connectivity index (χ1v) is 4.95. The number of aromatic nitrogens is 4. The summed E-state index contributed by atoms with van der Waals surface area (Å²) in [5, 5.41) is 6.95. The average Bonchev–Trinajstić information content (AvgIpc) is 2.74. The van der Waals surface area contributed by atoms with Gasteiger partial charge in [-0.15, -0.1) is 0 Å². The van der Waals surface area contributed by atoms with E-state index in [0.29, 0.717) is 6.54 Å². The topological polar surface area (TPSA) is 55.6 Å². The Morgan fingerprint density at radius 1 is 1.56 bits per heavy atom. The van der Waals surface area contributed by atoms with Crippen molar-refractivity contribution < 1.29 is 4.39 Å². The minimum Gasteiger partial charge on any atom is -0.363 e. The van der Waals surface area contributed by atoms with Crippen LogP contribution in [0, 0.1) is 5.82 Å². The van der Waals surface area contributed by atoms with Crippen LogP contribution < -0.4 is 5.32 Å². The minimum atomic E-state index is -0.354. The molecule has 0 fully saturated rings. The molecule has 0 aliphatic rings. The highest BCUT2D eigenvalue weighted by Crippen LogP contribution is 2.10. The predicted octanol–water partition coefficient (Wildman–Crippen LogP) is 1.31. The first-order valence-electron chi connectivity index (χ1n) is 4.95. The molecule has 2 heterocycles. The van der Waals surface area contributed by atoms with Crippen LogP contribution in [0.25, 0.3) is 0 Å². The number of anilines is 1. The molecule has 0 aromatic carbocycles. The summed E-state index contributed by atoms with van der Waals surface area (Å²) in [7, 11) is 0. The fourth-order valence-electron chi connectivity index (χ4n) is 1.38. The molecule has 0 aliphatic carbocycles. The van der Waals surface area contributed by atoms with Crippen LogP contribution in [-0.2, 0) is 6.54 Å². The van der Waals surface area contributed by atoms with Gasteiger partial charge in [-0.05, 0) is 19.1 Å². The molecule has 16 heavy (non-hydrogen) atoms. The molecule has 1 N–H and O–H groups in total. The van der Waals surface area contributed by atoms with E-state index in [9.17, 15) is 4.39 Å². The molecule has 0 bridgehead atoms. The highest BCUT2D eigenvalue weighted by molar-refractivity contribution is 5.36. The van der Waals surface area contributed by atoms with Crippen molar-refractivity contribution in [3.05, 3.63) is 36.8 Å². The van der Waals surface area contributed by atoms with Gasteiger partial charge in [-0.2, -0.15) is 5.10 Å². The van der Waals surface area contributed by atoms with Gasteiger partial charge < -0.3 is 5.32 Å². The van der Waals surface area contributed by atoms with E-state index < -0.39 is 0 Å². The van der Waals surface area contributed by atoms with Crippen molar-refractivity contribution in [2.24, 2.45) is 0 Å². The maximum Gasteiger partial charge on any atom is 0.165 e. The van der Waals surface area contributed by atoms with Gasteiger partial charge in [0.05, 0.1) is 6.54 Å². The maximum absolute atomic E-state index is 13.3. The van der Waals surface area contributed by atoms with Crippen LogP contribution in [-0.4, -0.2) is 25.8 Å². The van der Waals surface area contributed by atoms with Crippen LogP contribution >= 0.6 is 0 Å². The van der Waals surface area contributed by atoms with Gasteiger partial charge in [-0.1, -0.05) is 0 Å². The number of nitrogens with one attached hydrogen (secondary N) is 1. The van der Waals surface area contributed by atoms with E-state index in [0.717, 1.165) is 0 Å². The van der Waals surface area contributed by atoms with Crippen molar-refractivity contribution >= 4 is 5.82 Å². The molecule has 0 unspecified atom stereocenters. The van der Waals surface area contributed by atoms with E-state index in [1.807, 2.05) is 6.92 Å². The van der Waals surface area contributed by atoms with Crippen molar-refractivity contribution in [2.75, 3.05) is 5.32 Å². The lowest BCUT2D eigenvalue weighted by atomic mass is 10.3. The quantitative estimate of drug-likeness (QED) is 0.845. The molecule has 0 saturated carbocycles. The summed E-state index contributed by atoms with van der Waals surface area (Å²) in [4.78, 5) is 7.75. The number of rotatable bonds is 4. The number of pyridine rings is 1. The molecule has 0 radical (unpaired) electrons. The van der Waals surface area contributed by atoms with Crippen molar-refractivity contribution in [3.63, 3.8) is 0 Å². The van der Waals surface area contributed by atoms with E-state index >= 15 is 0 Å². The van der Waals surface area contributed by atoms with Gasteiger partial charge in [0, 0.05) is 12.2 Å². The van der Waals surface area contributed by atoms with Crippen molar-refractivity contribution in [2.45, 2.75) is 19.5 Å². The van der Waals surface area contributed by atoms with Gasteiger partial charge in [-0.25, -0.2) is 14.4 Å². The Hall–Kier alpha value is -1.98. The zero-order chi connectivity index (χ0) is 11.4. The second kappa shape index (κ2) is 4.69. The van der Waals surface area contributed by atoms with E-state index in [2.05, 4.69) is 20.4 Å². The molecule has 0 saturated heterocycles. The third-order valence-electron chi connectivity index (χ3n) is 2.07. The van der Waals surface area contributed by atoms with Crippen molar-refractivity contribution in [3.8, 4) is 0 Å². The van der Waals surface area contributed by atoms with E-state index in [-0.39, 0.29) is 17.7 Å². The Labute approximate surface area is 92.3 Å². The van der Waals surface area contributed by atoms with Gasteiger partial charge in [0.15, 0.2) is 11.6 Å². The number of nitrogens with zero attached hydrogens (tertiary/aromatic N) is 4. The first kappa shape index (κ1) is 10.5. The van der Waals surface area contributed by atoms with Crippen LogP contribution in [0.1, 0.15) is 6.92 Å². The molecule has 2 rings (SSSR count). The summed E-state index contributed by atoms with van der Waals surface area (Å²) >= 11 is 0. The van der Waals surface area contributed by atoms with Gasteiger partial charge >= 0.3 is 0 Å². The van der Waals surface area contributed by atoms with Crippen LogP contribution in [0.2, 0.25) is 0 Å². The lowest BCUT2D eigenvalue weighted by Gasteiger charge is -2.14. The van der Waals surface area contributed by atoms with Gasteiger partial charge in [-0.3, -0.25) is 4.68 Å². The van der Waals surface area contributed by atoms with Crippen LogP contribution in [0.15, 0.2) is 31.0 Å². The third-order valence-corrected chi connectivity index (χ3v) is 2.07. The van der Waals surface area contributed by atoms with E-state index in [1.54, 1.807) is 23.3 Å². The van der Waals surface area contributed by atoms with Gasteiger partial charge in [0.2, 0.25) is 0 Å². The molecular weight excluding hydrogens is 209 g/mol. The Bertz CT molecular complexity index is 442. The molecule has 0 spiro atoms. The summed E-state index contributed by atoms with van der Waals surface area (Å²) in [6.07, 6.45) is 4.63. The third kappa shape index (κ3) is 2.53. The zero-order valence-electron chi connectivity index (χ0n) is 8.84. The standard InChI is InChI=1S/C10H12FN5/c1-8(5-16-7-12-6-14-16)15-10-9(11)3-2-4-13-10/h2-4,6-8H,5H2,1H3,(H,13,15)/t8-/m0/s1. The first-order chi connectivity index (χ1) is 7.75. The molecule has 5 nitrogen and oxygen atoms in total. The molecule has 1 atom stereocenters. The molecule has 6 heteroatoms. The number of hydrogen-bond acceptors (Lipinski definition) is 4. The maximum atomic E-state index is 13.3. The Kier molecular flexibility index (Phi) is 3.09. The van der Waals surface area contributed by atoms with Gasteiger partial charge in [0.25, 0.3) is 0 Å². The SMILES string of the molecule is C[C@@H](Cn1cncn1)Nc1ncccc1F. The summed E-state index contributed by atoms with van der Waals surface area (Å²) < 4.78 is 14.9. The summed E-state index contributed by atoms with van der Waals surface area (Å²) in [5.74, 6) is -0.0944. The molecule has 0 amide bonds. The Morgan fingerprint density at radius 3 is 3.12 bits per heavy atom. The summed E-state index contributed by atoms with van der Waals surface area (Å²) in [5.41, 5.74) is 0. The average molecular weight is 221 g/mol. The van der Waals surface area contributed by atoms with Gasteiger partial charge in [0.1, 0.15) is 12.7 Å². The lowest BCUT2D eigenvalue weighted by molar-refractivity contribution is 0.551. The Morgan fingerprint density at radius 2 is 2.44 bits per heavy atom. The van der Waals surface area contributed by atoms with Crippen LogP contribution in [0.4, 0.5) is 10.2 Å². The van der Waals surface area contributed by atoms with Crippen LogP contribution in [0.5, 0.6) is 0 Å². The van der Waals surface area contributed by atoms with Crippen molar-refractivity contribution in [1.29, 1.82) is 0 Å². The van der Waals surface area contributed by atoms with Crippen molar-refractivity contribution in [1.82, 2.24) is 19.7 Å². The fraction of sp³-hybridized carbons (Fsp3) is 0.300. The highest BCUT2D eigenvalue weighted by Gasteiger charge is 2.07. The number of halogens is 1. The fourth-order valence-corrected chi connectivity index (χ4v) is 1.38. The van der Waals surface area contributed by atoms with E-state index in [1.165, 1.54) is 12.4 Å². The monoisotopic (exact) mass is 221 g/mol. The zero-order valence-corrected chi connectivity index (χ0v) is 8.84. The molecule has 2 aromatic rings. The van der Waals surface area contributed by atoms with Crippen LogP contribution in [0.3, 0.4) is 0 Å². The second-order valence-corrected chi connectivity index (χ2v) is 3.50. The molecule has 2 aromatic heterocycles. The molecule has 84 valence electrons. The normalized spacial score (nSPS) is 12.4. The summed E-state index contributed by atoms with van der Waals surface area (Å²) in [6, 6.07) is 2.95. The molecule has 0 aliphatic heterocycles. The highest BCUT2D eigenvalue weighted by atomic mass is 19.1. The summed E-state index contributed by atoms with van der Waals surface area (Å²) in [6.45, 7) is 2.53. The molecular formula is C10H12FN5. The minimum absolute atomic E-state index is 0.0195. The van der Waals surface area contributed by atoms with E-state index in [4.69, 9.17) is 0 Å². The Balaban J connectivity index is 1.97. The second-order valence-electron chi connectivity index (χ2n) is 3.50. The number of hydrogen-bond donors (Lipinski definition) is 1. The largest absolute Gasteiger partial charge is 0.363 e. The predicted molar refractivity (Wildman–Crippen MR) is 57.3 cm³/mol.